The first-order chi connectivity index (χ1) is 24.8. The highest BCUT2D eigenvalue weighted by atomic mass is 32.2. The van der Waals surface area contributed by atoms with Gasteiger partial charge < -0.3 is 30.6 Å². The number of thioether (sulfide) groups is 1. The monoisotopic (exact) mass is 757 g/mol. The van der Waals surface area contributed by atoms with Gasteiger partial charge in [-0.1, -0.05) is 73.5 Å². The number of aryl methyl sites for hydroxylation is 2. The smallest absolute Gasteiger partial charge is 0.453 e. The summed E-state index contributed by atoms with van der Waals surface area (Å²) >= 11 is 1.26. The largest absolute Gasteiger partial charge is 0.573 e. The Kier molecular flexibility index (Phi) is 22.1. The molecule has 0 heterocycles. The molecule has 0 fully saturated rings. The molecule has 10 nitrogen and oxygen atoms in total. The number of benzene rings is 3. The predicted octanol–water partition coefficient (Wildman–Crippen LogP) is 9.14. The van der Waals surface area contributed by atoms with Crippen LogP contribution in [-0.2, 0) is 14.3 Å². The predicted molar refractivity (Wildman–Crippen MR) is 211 cm³/mol. The van der Waals surface area contributed by atoms with Gasteiger partial charge in [0.05, 0.1) is 10.7 Å². The summed E-state index contributed by atoms with van der Waals surface area (Å²) in [5.41, 5.74) is 11.5. The van der Waals surface area contributed by atoms with Crippen molar-refractivity contribution in [1.29, 1.82) is 0 Å². The number of halogens is 3. The summed E-state index contributed by atoms with van der Waals surface area (Å²) in [5.74, 6) is -0.426. The lowest BCUT2D eigenvalue weighted by Crippen LogP contribution is -2.36. The topological polar surface area (TPSA) is 137 Å². The molecule has 0 aliphatic rings. The quantitative estimate of drug-likeness (QED) is 0.0580. The molecular weight excluding hydrogens is 708 g/mol. The van der Waals surface area contributed by atoms with Crippen molar-refractivity contribution < 1.29 is 37.0 Å². The van der Waals surface area contributed by atoms with Crippen LogP contribution in [-0.4, -0.2) is 55.7 Å². The molecule has 4 N–H and O–H groups in total. The van der Waals surface area contributed by atoms with E-state index in [0.29, 0.717) is 10.7 Å². The number of nitrogens with zero attached hydrogens (tertiary/aromatic N) is 2. The van der Waals surface area contributed by atoms with Crippen LogP contribution >= 0.6 is 11.8 Å². The minimum absolute atomic E-state index is 0.147. The first kappa shape index (κ1) is 47.5. The fourth-order valence-electron chi connectivity index (χ4n) is 3.40. The molecular formula is C39H50F3N5O5S. The Balaban J connectivity index is 0.000000817. The number of amides is 1. The number of hydrogen-bond donors (Lipinski definition) is 3. The second-order valence-electron chi connectivity index (χ2n) is 11.5. The number of alkyl halides is 3. The van der Waals surface area contributed by atoms with Crippen molar-refractivity contribution in [1.82, 2.24) is 10.6 Å². The van der Waals surface area contributed by atoms with Crippen molar-refractivity contribution in [3.05, 3.63) is 126 Å². The van der Waals surface area contributed by atoms with Crippen LogP contribution in [0.5, 0.6) is 5.75 Å². The van der Waals surface area contributed by atoms with E-state index in [1.165, 1.54) is 59.1 Å². The van der Waals surface area contributed by atoms with Gasteiger partial charge in [0.15, 0.2) is 0 Å². The Morgan fingerprint density at radius 2 is 1.51 bits per heavy atom. The number of hydrogen-bond acceptors (Lipinski definition) is 8. The molecule has 0 saturated carbocycles. The maximum absolute atomic E-state index is 12.1. The number of carbonyl (C=O) groups is 2. The Hall–Kier alpha value is -5.50. The highest BCUT2D eigenvalue weighted by Gasteiger charge is 2.30. The van der Waals surface area contributed by atoms with Crippen molar-refractivity contribution in [2.45, 2.75) is 53.5 Å². The van der Waals surface area contributed by atoms with Gasteiger partial charge in [-0.05, 0) is 88.1 Å². The van der Waals surface area contributed by atoms with Crippen molar-refractivity contribution in [3.63, 3.8) is 0 Å². The third-order valence-corrected chi connectivity index (χ3v) is 7.09. The van der Waals surface area contributed by atoms with Gasteiger partial charge in [0.2, 0.25) is 0 Å². The molecule has 53 heavy (non-hydrogen) atoms. The second-order valence-corrected chi connectivity index (χ2v) is 12.5. The van der Waals surface area contributed by atoms with Gasteiger partial charge >= 0.3 is 18.4 Å². The summed E-state index contributed by atoms with van der Waals surface area (Å²) in [7, 11) is 1.72. The molecule has 0 aliphatic carbocycles. The lowest BCUT2D eigenvalue weighted by molar-refractivity contribution is -0.274. The van der Waals surface area contributed by atoms with E-state index in [4.69, 9.17) is 15.2 Å². The fraction of sp³-hybridized carbons (Fsp3) is 0.282. The molecule has 14 heteroatoms. The van der Waals surface area contributed by atoms with Gasteiger partial charge in [-0.3, -0.25) is 4.79 Å². The van der Waals surface area contributed by atoms with Crippen molar-refractivity contribution >= 4 is 47.8 Å². The van der Waals surface area contributed by atoms with Gasteiger partial charge in [0.1, 0.15) is 36.0 Å². The molecule has 0 aromatic heterocycles. The van der Waals surface area contributed by atoms with Crippen LogP contribution in [0.15, 0.2) is 108 Å². The van der Waals surface area contributed by atoms with E-state index in [0.717, 1.165) is 11.1 Å². The van der Waals surface area contributed by atoms with Gasteiger partial charge in [-0.2, -0.15) is 0 Å². The molecule has 0 spiro atoms. The SMILES string of the molecule is C=C.C=C(NC)SCOC(=O)CNC(=O)OC(C)(C)C.C=Cc1ccc(C(N)=NC=Nc2ccc(OC(F)(F)F)cc2)cc1.Cc1cccc(C)c1C. The minimum atomic E-state index is -4.72. The zero-order valence-electron chi connectivity index (χ0n) is 31.3. The van der Waals surface area contributed by atoms with E-state index in [-0.39, 0.29) is 24.1 Å². The van der Waals surface area contributed by atoms with Crippen LogP contribution in [0.25, 0.3) is 6.08 Å². The molecule has 288 valence electrons. The molecule has 0 bridgehead atoms. The standard InChI is InChI=1S/C17H14F3N3O.C11H20N2O4S.C9H12.C2H4/c1-2-12-3-5-13(6-4-12)16(21)23-11-22-14-7-9-15(10-8-14)24-17(18,19)20;1-8(12-5)18-7-16-9(14)6-13-10(15)17-11(2,3)4;1-7-5-4-6-8(2)9(7)3;1-2/h2-11H,1H2,(H2,21,22,23);12H,1,6-7H2,2-5H3,(H,13,15);4-6H,1-3H3;1-2H2. The Morgan fingerprint density at radius 3 is 1.98 bits per heavy atom. The summed E-state index contributed by atoms with van der Waals surface area (Å²) in [5, 5.41) is 5.81. The maximum Gasteiger partial charge on any atom is 0.573 e. The first-order valence-electron chi connectivity index (χ1n) is 15.9. The molecule has 0 unspecified atom stereocenters. The molecule has 0 radical (unpaired) electrons. The van der Waals surface area contributed by atoms with Crippen LogP contribution < -0.4 is 21.1 Å². The zero-order valence-corrected chi connectivity index (χ0v) is 32.1. The number of nitrogens with one attached hydrogen (secondary N) is 2. The molecule has 0 saturated heterocycles. The second kappa shape index (κ2) is 24.6. The van der Waals surface area contributed by atoms with E-state index >= 15 is 0 Å². The van der Waals surface area contributed by atoms with Crippen LogP contribution in [0.3, 0.4) is 0 Å². The highest BCUT2D eigenvalue weighted by Crippen LogP contribution is 2.24. The molecule has 3 rings (SSSR count). The van der Waals surface area contributed by atoms with Gasteiger partial charge in [-0.25, -0.2) is 14.8 Å². The Morgan fingerprint density at radius 1 is 0.943 bits per heavy atom. The summed E-state index contributed by atoms with van der Waals surface area (Å²) in [6.45, 7) is 24.8. The number of ether oxygens (including phenoxy) is 3. The number of nitrogens with two attached hydrogens (primary N) is 1. The third kappa shape index (κ3) is 22.8. The number of carbonyl (C=O) groups excluding carboxylic acids is 2. The molecule has 0 atom stereocenters. The van der Waals surface area contributed by atoms with Gasteiger partial charge in [0, 0.05) is 12.6 Å². The van der Waals surface area contributed by atoms with Gasteiger partial charge in [0.25, 0.3) is 0 Å². The van der Waals surface area contributed by atoms with Gasteiger partial charge in [-0.15, -0.1) is 26.3 Å². The fourth-order valence-corrected chi connectivity index (χ4v) is 3.88. The average Bonchev–Trinajstić information content (AvgIpc) is 3.10. The van der Waals surface area contributed by atoms with E-state index < -0.39 is 24.0 Å². The number of aliphatic imine (C=N–C) groups is 2. The number of amidine groups is 1. The summed E-state index contributed by atoms with van der Waals surface area (Å²) in [6.07, 6.45) is -2.42. The van der Waals surface area contributed by atoms with E-state index in [2.05, 4.69) is 90.6 Å². The molecule has 0 aliphatic heterocycles. The Labute approximate surface area is 315 Å². The normalized spacial score (nSPS) is 10.9. The maximum atomic E-state index is 12.1. The van der Waals surface area contributed by atoms with Crippen LogP contribution in [0.4, 0.5) is 23.7 Å². The van der Waals surface area contributed by atoms with Crippen molar-refractivity contribution in [3.8, 4) is 5.75 Å². The van der Waals surface area contributed by atoms with Crippen LogP contribution in [0.1, 0.15) is 48.6 Å². The molecule has 3 aromatic carbocycles. The number of esters is 1. The van der Waals surface area contributed by atoms with E-state index in [9.17, 15) is 22.8 Å². The summed E-state index contributed by atoms with van der Waals surface area (Å²) < 4.78 is 49.7. The lowest BCUT2D eigenvalue weighted by atomic mass is 10.1. The highest BCUT2D eigenvalue weighted by molar-refractivity contribution is 8.02. The number of rotatable bonds is 11. The van der Waals surface area contributed by atoms with Crippen LogP contribution in [0, 0.1) is 20.8 Å². The average molecular weight is 758 g/mol. The van der Waals surface area contributed by atoms with E-state index in [1.807, 2.05) is 12.1 Å². The Bertz CT molecular complexity index is 1630. The number of alkyl carbamates (subject to hydrolysis) is 1. The van der Waals surface area contributed by atoms with Crippen LogP contribution in [0.2, 0.25) is 0 Å². The summed E-state index contributed by atoms with van der Waals surface area (Å²) in [4.78, 5) is 30.4. The zero-order chi connectivity index (χ0) is 40.6. The third-order valence-electron chi connectivity index (χ3n) is 6.30. The molecule has 3 aromatic rings. The summed E-state index contributed by atoms with van der Waals surface area (Å²) in [6, 6.07) is 18.8. The molecule has 1 amide bonds. The van der Waals surface area contributed by atoms with E-state index in [1.54, 1.807) is 46.0 Å². The first-order valence-corrected chi connectivity index (χ1v) is 16.9. The lowest BCUT2D eigenvalue weighted by Gasteiger charge is -2.19. The minimum Gasteiger partial charge on any atom is -0.453 e. The van der Waals surface area contributed by atoms with Crippen molar-refractivity contribution in [2.75, 3.05) is 19.5 Å². The van der Waals surface area contributed by atoms with Crippen molar-refractivity contribution in [2.24, 2.45) is 15.7 Å².